The summed E-state index contributed by atoms with van der Waals surface area (Å²) < 4.78 is 0. The molecule has 0 fully saturated rings. The zero-order valence-electron chi connectivity index (χ0n) is 9.07. The maximum absolute atomic E-state index is 9.13. The third kappa shape index (κ3) is 3.61. The first-order valence-corrected chi connectivity index (χ1v) is 5.05. The van der Waals surface area contributed by atoms with Gasteiger partial charge >= 0.3 is 0 Å². The third-order valence-electron chi connectivity index (χ3n) is 2.34. The van der Waals surface area contributed by atoms with Gasteiger partial charge in [-0.05, 0) is 31.5 Å². The topological polar surface area (TPSA) is 56.0 Å². The second-order valence-corrected chi connectivity index (χ2v) is 3.75. The number of phenolic OH excluding ortho intramolecular Hbond substituents is 1. The van der Waals surface area contributed by atoms with Gasteiger partial charge in [-0.25, -0.2) is 0 Å². The van der Waals surface area contributed by atoms with Gasteiger partial charge in [-0.1, -0.05) is 12.1 Å². The molecule has 2 unspecified atom stereocenters. The third-order valence-corrected chi connectivity index (χ3v) is 2.34. The van der Waals surface area contributed by atoms with E-state index >= 15 is 0 Å². The number of nitrogens with one attached hydrogen (secondary N) is 1. The first-order chi connectivity index (χ1) is 7.13. The number of rotatable bonds is 4. The molecule has 1 aromatic rings. The van der Waals surface area contributed by atoms with E-state index in [-0.39, 0.29) is 17.7 Å². The molecule has 2 atom stereocenters. The van der Waals surface area contributed by atoms with Crippen molar-refractivity contribution in [1.82, 2.24) is 5.32 Å². The summed E-state index contributed by atoms with van der Waals surface area (Å²) in [6.07, 6.45) is 0. The Labute approximate surface area is 90.4 Å². The van der Waals surface area contributed by atoms with Crippen LogP contribution in [0.1, 0.15) is 25.5 Å². The van der Waals surface area contributed by atoms with Crippen molar-refractivity contribution in [3.05, 3.63) is 29.8 Å². The lowest BCUT2D eigenvalue weighted by Crippen LogP contribution is -2.23. The minimum atomic E-state index is 0.0181. The zero-order valence-corrected chi connectivity index (χ0v) is 9.07. The molecule has 0 saturated carbocycles. The minimum Gasteiger partial charge on any atom is -0.508 e. The summed E-state index contributed by atoms with van der Waals surface area (Å²) in [5.74, 6) is 0.293. The molecule has 1 rings (SSSR count). The number of hydrogen-bond donors (Lipinski definition) is 2. The average molecular weight is 204 g/mol. The molecule has 3 nitrogen and oxygen atoms in total. The first kappa shape index (κ1) is 11.5. The van der Waals surface area contributed by atoms with Crippen molar-refractivity contribution < 1.29 is 5.11 Å². The van der Waals surface area contributed by atoms with Crippen LogP contribution in [0.15, 0.2) is 24.3 Å². The Bertz CT molecular complexity index is 340. The predicted molar refractivity (Wildman–Crippen MR) is 59.3 cm³/mol. The molecule has 0 radical (unpaired) electrons. The first-order valence-electron chi connectivity index (χ1n) is 5.05. The van der Waals surface area contributed by atoms with Gasteiger partial charge in [-0.2, -0.15) is 5.26 Å². The summed E-state index contributed by atoms with van der Waals surface area (Å²) in [6, 6.07) is 9.47. The van der Waals surface area contributed by atoms with Crippen molar-refractivity contribution in [1.29, 1.82) is 5.26 Å². The molecule has 0 amide bonds. The normalized spacial score (nSPS) is 14.2. The van der Waals surface area contributed by atoms with Crippen LogP contribution in [0.3, 0.4) is 0 Å². The molecular weight excluding hydrogens is 188 g/mol. The molecule has 0 aliphatic rings. The molecule has 0 aliphatic carbocycles. The highest BCUT2D eigenvalue weighted by Gasteiger charge is 2.06. The molecule has 0 spiro atoms. The minimum absolute atomic E-state index is 0.0181. The summed E-state index contributed by atoms with van der Waals surface area (Å²) in [4.78, 5) is 0. The highest BCUT2D eigenvalue weighted by atomic mass is 16.3. The van der Waals surface area contributed by atoms with Gasteiger partial charge in [0.2, 0.25) is 0 Å². The Kier molecular flexibility index (Phi) is 4.14. The lowest BCUT2D eigenvalue weighted by atomic mass is 10.1. The molecule has 2 N–H and O–H groups in total. The van der Waals surface area contributed by atoms with Crippen molar-refractivity contribution in [3.8, 4) is 11.8 Å². The summed E-state index contributed by atoms with van der Waals surface area (Å²) in [5, 5.41) is 21.0. The summed E-state index contributed by atoms with van der Waals surface area (Å²) in [5.41, 5.74) is 1.11. The Morgan fingerprint density at radius 2 is 1.93 bits per heavy atom. The van der Waals surface area contributed by atoms with Crippen LogP contribution >= 0.6 is 0 Å². The van der Waals surface area contributed by atoms with Crippen molar-refractivity contribution in [3.63, 3.8) is 0 Å². The number of benzene rings is 1. The second-order valence-electron chi connectivity index (χ2n) is 3.75. The van der Waals surface area contributed by atoms with Gasteiger partial charge in [0.05, 0.1) is 12.0 Å². The van der Waals surface area contributed by atoms with Crippen LogP contribution in [0.4, 0.5) is 0 Å². The summed E-state index contributed by atoms with van der Waals surface area (Å²) in [6.45, 7) is 4.60. The van der Waals surface area contributed by atoms with Crippen LogP contribution in [0, 0.1) is 17.2 Å². The Balaban J connectivity index is 2.51. The molecule has 0 aliphatic heterocycles. The number of hydrogen-bond acceptors (Lipinski definition) is 3. The lowest BCUT2D eigenvalue weighted by molar-refractivity contribution is 0.474. The fraction of sp³-hybridized carbons (Fsp3) is 0.417. The summed E-state index contributed by atoms with van der Waals surface area (Å²) in [7, 11) is 0. The van der Waals surface area contributed by atoms with Crippen LogP contribution in [0.25, 0.3) is 0 Å². The molecule has 80 valence electrons. The predicted octanol–water partition coefficient (Wildman–Crippen LogP) is 2.20. The van der Waals surface area contributed by atoms with Gasteiger partial charge in [0.15, 0.2) is 0 Å². The van der Waals surface area contributed by atoms with E-state index in [2.05, 4.69) is 11.4 Å². The second kappa shape index (κ2) is 5.38. The molecule has 15 heavy (non-hydrogen) atoms. The molecule has 1 aromatic carbocycles. The maximum Gasteiger partial charge on any atom is 0.115 e. The van der Waals surface area contributed by atoms with E-state index < -0.39 is 0 Å². The van der Waals surface area contributed by atoms with Crippen LogP contribution in [-0.2, 0) is 0 Å². The molecule has 0 heterocycles. The van der Waals surface area contributed by atoms with Crippen LogP contribution in [0.2, 0.25) is 0 Å². The van der Waals surface area contributed by atoms with Crippen molar-refractivity contribution in [2.24, 2.45) is 5.92 Å². The van der Waals surface area contributed by atoms with Gasteiger partial charge in [0.25, 0.3) is 0 Å². The largest absolute Gasteiger partial charge is 0.508 e. The maximum atomic E-state index is 9.13. The highest BCUT2D eigenvalue weighted by molar-refractivity contribution is 5.27. The summed E-state index contributed by atoms with van der Waals surface area (Å²) >= 11 is 0. The van der Waals surface area contributed by atoms with Gasteiger partial charge in [0.1, 0.15) is 5.75 Å². The number of aromatic hydroxyl groups is 1. The SMILES string of the molecule is CC(C#N)CNC(C)c1ccc(O)cc1. The van der Waals surface area contributed by atoms with E-state index in [4.69, 9.17) is 10.4 Å². The number of nitriles is 1. The zero-order chi connectivity index (χ0) is 11.3. The van der Waals surface area contributed by atoms with Crippen molar-refractivity contribution in [2.75, 3.05) is 6.54 Å². The molecule has 0 bridgehead atoms. The Morgan fingerprint density at radius 1 is 1.33 bits per heavy atom. The standard InChI is InChI=1S/C12H16N2O/c1-9(7-13)8-14-10(2)11-3-5-12(15)6-4-11/h3-6,9-10,14-15H,8H2,1-2H3. The monoisotopic (exact) mass is 204 g/mol. The van der Waals surface area contributed by atoms with Crippen molar-refractivity contribution >= 4 is 0 Å². The molecule has 3 heteroatoms. The van der Waals surface area contributed by atoms with Crippen LogP contribution in [-0.4, -0.2) is 11.7 Å². The highest BCUT2D eigenvalue weighted by Crippen LogP contribution is 2.16. The molecule has 0 aromatic heterocycles. The number of phenols is 1. The van der Waals surface area contributed by atoms with E-state index in [1.807, 2.05) is 26.0 Å². The van der Waals surface area contributed by atoms with Crippen molar-refractivity contribution in [2.45, 2.75) is 19.9 Å². The fourth-order valence-electron chi connectivity index (χ4n) is 1.28. The number of nitrogens with zero attached hydrogens (tertiary/aromatic N) is 1. The van der Waals surface area contributed by atoms with E-state index in [1.54, 1.807) is 12.1 Å². The molecule has 0 saturated heterocycles. The van der Waals surface area contributed by atoms with E-state index in [0.717, 1.165) is 5.56 Å². The molecular formula is C12H16N2O. The Morgan fingerprint density at radius 3 is 2.47 bits per heavy atom. The van der Waals surface area contributed by atoms with Gasteiger partial charge < -0.3 is 10.4 Å². The quantitative estimate of drug-likeness (QED) is 0.790. The van der Waals surface area contributed by atoms with Crippen LogP contribution < -0.4 is 5.32 Å². The van der Waals surface area contributed by atoms with E-state index in [0.29, 0.717) is 6.54 Å². The van der Waals surface area contributed by atoms with Gasteiger partial charge in [0, 0.05) is 12.6 Å². The van der Waals surface area contributed by atoms with E-state index in [9.17, 15) is 0 Å². The lowest BCUT2D eigenvalue weighted by Gasteiger charge is -2.14. The Hall–Kier alpha value is -1.53. The van der Waals surface area contributed by atoms with Crippen LogP contribution in [0.5, 0.6) is 5.75 Å². The fourth-order valence-corrected chi connectivity index (χ4v) is 1.28. The smallest absolute Gasteiger partial charge is 0.115 e. The average Bonchev–Trinajstić information content (AvgIpc) is 2.26. The van der Waals surface area contributed by atoms with Gasteiger partial charge in [-0.15, -0.1) is 0 Å². The van der Waals surface area contributed by atoms with Gasteiger partial charge in [-0.3, -0.25) is 0 Å². The van der Waals surface area contributed by atoms with E-state index in [1.165, 1.54) is 0 Å².